The molecular formula is C22H16ClNOS. The predicted molar refractivity (Wildman–Crippen MR) is 110 cm³/mol. The molecule has 0 aromatic heterocycles. The van der Waals surface area contributed by atoms with Gasteiger partial charge in [0.25, 0.3) is 0 Å². The van der Waals surface area contributed by atoms with Crippen molar-refractivity contribution in [3.8, 4) is 0 Å². The van der Waals surface area contributed by atoms with Crippen molar-refractivity contribution in [1.29, 1.82) is 0 Å². The Morgan fingerprint density at radius 2 is 1.77 bits per heavy atom. The summed E-state index contributed by atoms with van der Waals surface area (Å²) >= 11 is 7.79. The zero-order chi connectivity index (χ0) is 17.7. The van der Waals surface area contributed by atoms with Crippen LogP contribution < -0.4 is 5.32 Å². The van der Waals surface area contributed by atoms with E-state index in [0.717, 1.165) is 28.3 Å². The summed E-state index contributed by atoms with van der Waals surface area (Å²) in [5, 5.41) is 6.63. The van der Waals surface area contributed by atoms with Gasteiger partial charge >= 0.3 is 0 Å². The molecule has 0 aliphatic carbocycles. The molecule has 0 bridgehead atoms. The largest absolute Gasteiger partial charge is 0.358 e. The van der Waals surface area contributed by atoms with E-state index in [1.807, 2.05) is 24.3 Å². The van der Waals surface area contributed by atoms with E-state index < -0.39 is 0 Å². The molecule has 26 heavy (non-hydrogen) atoms. The average molecular weight is 378 g/mol. The molecule has 0 radical (unpaired) electrons. The van der Waals surface area contributed by atoms with Crippen molar-refractivity contribution in [3.63, 3.8) is 0 Å². The molecular weight excluding hydrogens is 362 g/mol. The minimum absolute atomic E-state index is 0.0574. The predicted octanol–water partition coefficient (Wildman–Crippen LogP) is 5.62. The summed E-state index contributed by atoms with van der Waals surface area (Å²) in [6.07, 6.45) is 0. The van der Waals surface area contributed by atoms with E-state index in [2.05, 4.69) is 41.7 Å². The molecule has 2 aliphatic heterocycles. The topological polar surface area (TPSA) is 29.1 Å². The van der Waals surface area contributed by atoms with E-state index in [4.69, 9.17) is 11.6 Å². The Morgan fingerprint density at radius 3 is 2.62 bits per heavy atom. The number of hydrogen-bond donors (Lipinski definition) is 1. The maximum Gasteiger partial charge on any atom is 0.171 e. The monoisotopic (exact) mass is 377 g/mol. The quantitative estimate of drug-likeness (QED) is 0.596. The third-order valence-electron chi connectivity index (χ3n) is 5.14. The van der Waals surface area contributed by atoms with E-state index in [-0.39, 0.29) is 11.7 Å². The molecule has 128 valence electrons. The van der Waals surface area contributed by atoms with E-state index in [1.54, 1.807) is 11.8 Å². The number of anilines is 1. The third-order valence-corrected chi connectivity index (χ3v) is 6.35. The standard InChI is InChI=1S/C22H16ClNOS/c23-15-8-5-14(6-9-15)20-21-16-4-2-1-3-13(16)7-10-17(21)24-18-11-26-12-19(25)22(18)20/h1-10,20,24H,11-12H2. The summed E-state index contributed by atoms with van der Waals surface area (Å²) in [5.41, 5.74) is 5.35. The number of thioether (sulfide) groups is 1. The fraction of sp³-hybridized carbons (Fsp3) is 0.136. The van der Waals surface area contributed by atoms with Crippen molar-refractivity contribution in [3.05, 3.63) is 88.1 Å². The Balaban J connectivity index is 1.83. The molecule has 4 heteroatoms. The van der Waals surface area contributed by atoms with Gasteiger partial charge in [0, 0.05) is 33.7 Å². The Morgan fingerprint density at radius 1 is 0.962 bits per heavy atom. The van der Waals surface area contributed by atoms with Crippen LogP contribution in [0, 0.1) is 0 Å². The summed E-state index contributed by atoms with van der Waals surface area (Å²) in [6, 6.07) is 20.6. The van der Waals surface area contributed by atoms with Crippen LogP contribution in [0.2, 0.25) is 5.02 Å². The number of carbonyl (C=O) groups excluding carboxylic acids is 1. The molecule has 0 spiro atoms. The third kappa shape index (κ3) is 2.46. The van der Waals surface area contributed by atoms with Gasteiger partial charge in [-0.05, 0) is 40.1 Å². The normalized spacial score (nSPS) is 19.1. The van der Waals surface area contributed by atoms with Crippen molar-refractivity contribution < 1.29 is 4.79 Å². The van der Waals surface area contributed by atoms with Crippen LogP contribution in [0.15, 0.2) is 71.9 Å². The summed E-state index contributed by atoms with van der Waals surface area (Å²) in [6.45, 7) is 0. The first-order valence-electron chi connectivity index (χ1n) is 8.60. The van der Waals surface area contributed by atoms with Crippen molar-refractivity contribution in [1.82, 2.24) is 0 Å². The molecule has 1 N–H and O–H groups in total. The lowest BCUT2D eigenvalue weighted by Gasteiger charge is -2.34. The number of nitrogens with one attached hydrogen (secondary N) is 1. The van der Waals surface area contributed by atoms with Crippen LogP contribution in [-0.4, -0.2) is 17.3 Å². The molecule has 2 aliphatic rings. The molecule has 1 atom stereocenters. The molecule has 5 rings (SSSR count). The number of benzene rings is 3. The van der Waals surface area contributed by atoms with Gasteiger partial charge in [-0.3, -0.25) is 4.79 Å². The van der Waals surface area contributed by atoms with Crippen LogP contribution in [0.25, 0.3) is 10.8 Å². The lowest BCUT2D eigenvalue weighted by molar-refractivity contribution is -0.113. The second-order valence-corrected chi connectivity index (χ2v) is 8.09. The molecule has 0 fully saturated rings. The van der Waals surface area contributed by atoms with Crippen LogP contribution in [0.4, 0.5) is 5.69 Å². The van der Waals surface area contributed by atoms with Gasteiger partial charge < -0.3 is 5.32 Å². The van der Waals surface area contributed by atoms with Gasteiger partial charge in [-0.15, -0.1) is 11.8 Å². The highest BCUT2D eigenvalue weighted by Gasteiger charge is 2.36. The Bertz CT molecular complexity index is 1070. The minimum Gasteiger partial charge on any atom is -0.358 e. The SMILES string of the molecule is O=C1CSCC2=C1C(c1ccc(Cl)cc1)c1c(ccc3ccccc13)N2. The highest BCUT2D eigenvalue weighted by Crippen LogP contribution is 2.47. The molecule has 0 saturated heterocycles. The number of fused-ring (bicyclic) bond motifs is 3. The van der Waals surface area contributed by atoms with E-state index in [9.17, 15) is 4.79 Å². The zero-order valence-corrected chi connectivity index (χ0v) is 15.5. The number of Topliss-reactive ketones (excluding diaryl/α,β-unsaturated/α-hetero) is 1. The van der Waals surface area contributed by atoms with Crippen LogP contribution in [0.1, 0.15) is 17.0 Å². The number of rotatable bonds is 1. The van der Waals surface area contributed by atoms with Crippen LogP contribution in [-0.2, 0) is 4.79 Å². The van der Waals surface area contributed by atoms with Crippen molar-refractivity contribution in [2.75, 3.05) is 16.8 Å². The van der Waals surface area contributed by atoms with E-state index in [0.29, 0.717) is 10.8 Å². The maximum absolute atomic E-state index is 12.9. The molecule has 3 aromatic rings. The number of allylic oxidation sites excluding steroid dienone is 1. The fourth-order valence-corrected chi connectivity index (χ4v) is 5.02. The van der Waals surface area contributed by atoms with Gasteiger partial charge in [0.1, 0.15) is 0 Å². The van der Waals surface area contributed by atoms with Gasteiger partial charge in [-0.1, -0.05) is 54.1 Å². The zero-order valence-electron chi connectivity index (χ0n) is 14.0. The summed E-state index contributed by atoms with van der Waals surface area (Å²) in [4.78, 5) is 12.9. The van der Waals surface area contributed by atoms with E-state index in [1.165, 1.54) is 16.3 Å². The maximum atomic E-state index is 12.9. The van der Waals surface area contributed by atoms with Gasteiger partial charge in [0.05, 0.1) is 5.75 Å². The summed E-state index contributed by atoms with van der Waals surface area (Å²) in [5.74, 6) is 1.56. The highest BCUT2D eigenvalue weighted by atomic mass is 35.5. The molecule has 2 heterocycles. The minimum atomic E-state index is -0.0574. The smallest absolute Gasteiger partial charge is 0.171 e. The van der Waals surface area contributed by atoms with Crippen LogP contribution >= 0.6 is 23.4 Å². The van der Waals surface area contributed by atoms with Crippen LogP contribution in [0.5, 0.6) is 0 Å². The molecule has 0 amide bonds. The first-order chi connectivity index (χ1) is 12.7. The highest BCUT2D eigenvalue weighted by molar-refractivity contribution is 8.00. The number of ketones is 1. The van der Waals surface area contributed by atoms with Crippen LogP contribution in [0.3, 0.4) is 0 Å². The van der Waals surface area contributed by atoms with Gasteiger partial charge in [0.15, 0.2) is 5.78 Å². The molecule has 0 saturated carbocycles. The van der Waals surface area contributed by atoms with Crippen molar-refractivity contribution in [2.45, 2.75) is 5.92 Å². The first-order valence-corrected chi connectivity index (χ1v) is 10.1. The molecule has 3 aromatic carbocycles. The molecule has 2 nitrogen and oxygen atoms in total. The number of hydrogen-bond acceptors (Lipinski definition) is 3. The summed E-state index contributed by atoms with van der Waals surface area (Å²) < 4.78 is 0. The van der Waals surface area contributed by atoms with Crippen molar-refractivity contribution in [2.24, 2.45) is 0 Å². The van der Waals surface area contributed by atoms with Crippen molar-refractivity contribution >= 4 is 45.6 Å². The van der Waals surface area contributed by atoms with Gasteiger partial charge in [0.2, 0.25) is 0 Å². The Kier molecular flexibility index (Phi) is 3.80. The second-order valence-electron chi connectivity index (χ2n) is 6.67. The van der Waals surface area contributed by atoms with E-state index >= 15 is 0 Å². The van der Waals surface area contributed by atoms with Gasteiger partial charge in [-0.25, -0.2) is 0 Å². The number of halogens is 1. The fourth-order valence-electron chi connectivity index (χ4n) is 4.02. The lowest BCUT2D eigenvalue weighted by Crippen LogP contribution is -2.29. The van der Waals surface area contributed by atoms with Gasteiger partial charge in [-0.2, -0.15) is 0 Å². The second kappa shape index (κ2) is 6.19. The Labute approximate surface area is 161 Å². The lowest BCUT2D eigenvalue weighted by atomic mass is 9.77. The number of carbonyl (C=O) groups is 1. The Hall–Kier alpha value is -2.23. The average Bonchev–Trinajstić information content (AvgIpc) is 2.67. The first kappa shape index (κ1) is 16.0. The summed E-state index contributed by atoms with van der Waals surface area (Å²) in [7, 11) is 0. The molecule has 1 unspecified atom stereocenters.